The smallest absolute Gasteiger partial charge is 0.333 e. The van der Waals surface area contributed by atoms with Crippen LogP contribution in [0.3, 0.4) is 0 Å². The number of hydrogen-bond donors (Lipinski definition) is 0. The second kappa shape index (κ2) is 8.79. The van der Waals surface area contributed by atoms with E-state index in [2.05, 4.69) is 0 Å². The molecule has 0 aliphatic carbocycles. The number of ether oxygens (including phenoxy) is 2. The average molecular weight is 242 g/mol. The minimum absolute atomic E-state index is 0.263. The lowest BCUT2D eigenvalue weighted by Crippen LogP contribution is -2.20. The van der Waals surface area contributed by atoms with Crippen LogP contribution in [0.25, 0.3) is 0 Å². The number of methoxy groups -OCH3 is 1. The molecule has 0 aliphatic rings. The van der Waals surface area contributed by atoms with Crippen LogP contribution in [-0.4, -0.2) is 25.7 Å². The molecule has 98 valence electrons. The second-order valence-corrected chi connectivity index (χ2v) is 3.75. The van der Waals surface area contributed by atoms with Crippen molar-refractivity contribution >= 4 is 11.9 Å². The van der Waals surface area contributed by atoms with Crippen LogP contribution < -0.4 is 0 Å². The summed E-state index contributed by atoms with van der Waals surface area (Å²) in [6.07, 6.45) is 3.67. The van der Waals surface area contributed by atoms with Gasteiger partial charge in [0.2, 0.25) is 0 Å². The van der Waals surface area contributed by atoms with E-state index in [0.29, 0.717) is 25.0 Å². The molecule has 1 unspecified atom stereocenters. The third-order valence-corrected chi connectivity index (χ3v) is 2.52. The summed E-state index contributed by atoms with van der Waals surface area (Å²) in [5.74, 6) is -0.879. The van der Waals surface area contributed by atoms with E-state index in [0.717, 1.165) is 6.42 Å². The SMILES string of the molecule is C/C=C(\CC(CCC)C(=O)OC)C(=O)OCC. The molecule has 0 saturated carbocycles. The number of carbonyl (C=O) groups excluding carboxylic acids is 2. The molecule has 17 heavy (non-hydrogen) atoms. The first-order valence-corrected chi connectivity index (χ1v) is 6.00. The highest BCUT2D eigenvalue weighted by molar-refractivity contribution is 5.89. The van der Waals surface area contributed by atoms with Crippen LogP contribution in [0.4, 0.5) is 0 Å². The fourth-order valence-corrected chi connectivity index (χ4v) is 1.63. The first kappa shape index (κ1) is 15.7. The molecular weight excluding hydrogens is 220 g/mol. The summed E-state index contributed by atoms with van der Waals surface area (Å²) in [7, 11) is 1.37. The summed E-state index contributed by atoms with van der Waals surface area (Å²) < 4.78 is 9.66. The highest BCUT2D eigenvalue weighted by atomic mass is 16.5. The van der Waals surface area contributed by atoms with E-state index < -0.39 is 0 Å². The van der Waals surface area contributed by atoms with Crippen LogP contribution >= 0.6 is 0 Å². The zero-order chi connectivity index (χ0) is 13.3. The summed E-state index contributed by atoms with van der Waals surface area (Å²) in [6, 6.07) is 0. The Hall–Kier alpha value is -1.32. The van der Waals surface area contributed by atoms with Crippen LogP contribution in [0.1, 0.15) is 40.0 Å². The third-order valence-electron chi connectivity index (χ3n) is 2.52. The first-order chi connectivity index (χ1) is 8.10. The Kier molecular flexibility index (Phi) is 8.11. The summed E-state index contributed by atoms with van der Waals surface area (Å²) in [5.41, 5.74) is 0.538. The third kappa shape index (κ3) is 5.52. The van der Waals surface area contributed by atoms with Crippen molar-refractivity contribution in [2.24, 2.45) is 5.92 Å². The molecular formula is C13H22O4. The van der Waals surface area contributed by atoms with E-state index in [9.17, 15) is 9.59 Å². The maximum absolute atomic E-state index is 11.6. The van der Waals surface area contributed by atoms with E-state index in [1.807, 2.05) is 6.92 Å². The summed E-state index contributed by atoms with van der Waals surface area (Å²) in [4.78, 5) is 23.1. The van der Waals surface area contributed by atoms with E-state index in [1.54, 1.807) is 19.9 Å². The van der Waals surface area contributed by atoms with Gasteiger partial charge >= 0.3 is 11.9 Å². The van der Waals surface area contributed by atoms with Crippen molar-refractivity contribution in [1.29, 1.82) is 0 Å². The lowest BCUT2D eigenvalue weighted by Gasteiger charge is -2.15. The monoisotopic (exact) mass is 242 g/mol. The molecule has 0 aromatic carbocycles. The molecule has 4 heteroatoms. The van der Waals surface area contributed by atoms with Crippen molar-refractivity contribution in [2.75, 3.05) is 13.7 Å². The van der Waals surface area contributed by atoms with Crippen molar-refractivity contribution in [3.63, 3.8) is 0 Å². The van der Waals surface area contributed by atoms with Gasteiger partial charge in [0.1, 0.15) is 0 Å². The Morgan fingerprint density at radius 2 is 1.94 bits per heavy atom. The highest BCUT2D eigenvalue weighted by Crippen LogP contribution is 2.19. The largest absolute Gasteiger partial charge is 0.469 e. The van der Waals surface area contributed by atoms with Gasteiger partial charge in [-0.05, 0) is 26.7 Å². The molecule has 0 aliphatic heterocycles. The summed E-state index contributed by atoms with van der Waals surface area (Å²) >= 11 is 0. The average Bonchev–Trinajstić information content (AvgIpc) is 2.33. The summed E-state index contributed by atoms with van der Waals surface area (Å²) in [5, 5.41) is 0. The second-order valence-electron chi connectivity index (χ2n) is 3.75. The molecule has 0 rings (SSSR count). The normalized spacial score (nSPS) is 13.1. The van der Waals surface area contributed by atoms with Crippen LogP contribution in [0.2, 0.25) is 0 Å². The maximum Gasteiger partial charge on any atom is 0.333 e. The molecule has 0 N–H and O–H groups in total. The Bertz CT molecular complexity index is 281. The minimum atomic E-state index is -0.347. The van der Waals surface area contributed by atoms with E-state index in [1.165, 1.54) is 7.11 Å². The fraction of sp³-hybridized carbons (Fsp3) is 0.692. The zero-order valence-corrected chi connectivity index (χ0v) is 11.1. The van der Waals surface area contributed by atoms with Gasteiger partial charge in [0.05, 0.1) is 19.6 Å². The van der Waals surface area contributed by atoms with Crippen LogP contribution in [-0.2, 0) is 19.1 Å². The van der Waals surface area contributed by atoms with Gasteiger partial charge in [0, 0.05) is 5.57 Å². The van der Waals surface area contributed by atoms with Crippen molar-refractivity contribution in [3.8, 4) is 0 Å². The number of allylic oxidation sites excluding steroid dienone is 1. The molecule has 0 radical (unpaired) electrons. The van der Waals surface area contributed by atoms with E-state index >= 15 is 0 Å². The molecule has 0 fully saturated rings. The van der Waals surface area contributed by atoms with Crippen molar-refractivity contribution in [1.82, 2.24) is 0 Å². The quantitative estimate of drug-likeness (QED) is 0.508. The molecule has 4 nitrogen and oxygen atoms in total. The Morgan fingerprint density at radius 3 is 2.35 bits per heavy atom. The lowest BCUT2D eigenvalue weighted by atomic mass is 9.95. The Balaban J connectivity index is 4.60. The van der Waals surface area contributed by atoms with Gasteiger partial charge in [-0.1, -0.05) is 19.4 Å². The molecule has 0 bridgehead atoms. The Morgan fingerprint density at radius 1 is 1.29 bits per heavy atom. The molecule has 0 saturated heterocycles. The molecule has 0 spiro atoms. The number of hydrogen-bond acceptors (Lipinski definition) is 4. The van der Waals surface area contributed by atoms with Crippen LogP contribution in [0.15, 0.2) is 11.6 Å². The highest BCUT2D eigenvalue weighted by Gasteiger charge is 2.22. The molecule has 0 aromatic heterocycles. The lowest BCUT2D eigenvalue weighted by molar-refractivity contribution is -0.146. The zero-order valence-electron chi connectivity index (χ0n) is 11.1. The van der Waals surface area contributed by atoms with Gasteiger partial charge < -0.3 is 9.47 Å². The Labute approximate surface area is 103 Å². The number of rotatable bonds is 7. The van der Waals surface area contributed by atoms with E-state index in [4.69, 9.17) is 9.47 Å². The molecule has 0 amide bonds. The predicted octanol–water partition coefficient (Wildman–Crippen LogP) is 2.48. The first-order valence-electron chi connectivity index (χ1n) is 6.00. The summed E-state index contributed by atoms with van der Waals surface area (Å²) in [6.45, 7) is 5.87. The van der Waals surface area contributed by atoms with Crippen molar-refractivity contribution < 1.29 is 19.1 Å². The molecule has 0 heterocycles. The number of esters is 2. The number of carbonyl (C=O) groups is 2. The standard InChI is InChI=1S/C13H22O4/c1-5-8-11(12(14)16-4)9-10(6-2)13(15)17-7-3/h6,11H,5,7-9H2,1-4H3/b10-6+. The molecule has 0 aromatic rings. The van der Waals surface area contributed by atoms with Gasteiger partial charge in [-0.3, -0.25) is 4.79 Å². The van der Waals surface area contributed by atoms with Gasteiger partial charge in [0.25, 0.3) is 0 Å². The fourth-order valence-electron chi connectivity index (χ4n) is 1.63. The van der Waals surface area contributed by atoms with Crippen LogP contribution in [0.5, 0.6) is 0 Å². The van der Waals surface area contributed by atoms with Crippen molar-refractivity contribution in [2.45, 2.75) is 40.0 Å². The van der Waals surface area contributed by atoms with Crippen LogP contribution in [0, 0.1) is 5.92 Å². The predicted molar refractivity (Wildman–Crippen MR) is 65.4 cm³/mol. The minimum Gasteiger partial charge on any atom is -0.469 e. The maximum atomic E-state index is 11.6. The van der Waals surface area contributed by atoms with Gasteiger partial charge in [0.15, 0.2) is 0 Å². The van der Waals surface area contributed by atoms with Gasteiger partial charge in [-0.2, -0.15) is 0 Å². The molecule has 1 atom stereocenters. The van der Waals surface area contributed by atoms with Gasteiger partial charge in [-0.15, -0.1) is 0 Å². The topological polar surface area (TPSA) is 52.6 Å². The van der Waals surface area contributed by atoms with E-state index in [-0.39, 0.29) is 17.9 Å². The van der Waals surface area contributed by atoms with Gasteiger partial charge in [-0.25, -0.2) is 4.79 Å². The van der Waals surface area contributed by atoms with Crippen molar-refractivity contribution in [3.05, 3.63) is 11.6 Å².